The molecule has 0 spiro atoms. The number of para-hydroxylation sites is 1. The van der Waals surface area contributed by atoms with Gasteiger partial charge in [0.2, 0.25) is 0 Å². The van der Waals surface area contributed by atoms with Gasteiger partial charge in [0, 0.05) is 29.4 Å². The van der Waals surface area contributed by atoms with E-state index in [4.69, 9.17) is 21.1 Å². The van der Waals surface area contributed by atoms with Gasteiger partial charge in [0.1, 0.15) is 5.75 Å². The van der Waals surface area contributed by atoms with Crippen LogP contribution in [0.4, 0.5) is 16.2 Å². The maximum atomic E-state index is 12.7. The number of nitrogens with zero attached hydrogens (tertiary/aromatic N) is 1. The third-order valence-electron chi connectivity index (χ3n) is 5.47. The van der Waals surface area contributed by atoms with E-state index in [-0.39, 0.29) is 5.97 Å². The fourth-order valence-corrected chi connectivity index (χ4v) is 4.87. The number of methoxy groups -OCH3 is 1. The molecular weight excluding hydrogens is 510 g/mol. The molecule has 0 saturated carbocycles. The molecule has 0 bridgehead atoms. The Kier molecular flexibility index (Phi) is 8.11. The third-order valence-corrected chi connectivity index (χ3v) is 6.76. The van der Waals surface area contributed by atoms with Crippen LogP contribution in [0.1, 0.15) is 18.9 Å². The molecule has 9 heteroatoms. The van der Waals surface area contributed by atoms with Gasteiger partial charge in [-0.25, -0.2) is 9.78 Å². The molecule has 0 aliphatic carbocycles. The molecule has 4 aromatic rings. The first-order chi connectivity index (χ1) is 17.7. The number of anilines is 2. The maximum absolute atomic E-state index is 12.7. The molecule has 0 aliphatic heterocycles. The summed E-state index contributed by atoms with van der Waals surface area (Å²) < 4.78 is 10.8. The van der Waals surface area contributed by atoms with Crippen molar-refractivity contribution in [3.05, 3.63) is 89.0 Å². The molecule has 7 nitrogen and oxygen atoms in total. The van der Waals surface area contributed by atoms with Crippen LogP contribution in [0.25, 0.3) is 10.4 Å². The predicted octanol–water partition coefficient (Wildman–Crippen LogP) is 7.64. The van der Waals surface area contributed by atoms with Gasteiger partial charge in [-0.2, -0.15) is 0 Å². The first-order valence-electron chi connectivity index (χ1n) is 11.5. The van der Waals surface area contributed by atoms with E-state index in [9.17, 15) is 9.59 Å². The van der Waals surface area contributed by atoms with Crippen LogP contribution < -0.4 is 15.4 Å². The Hall–Kier alpha value is -3.88. The fraction of sp³-hybridized carbons (Fsp3) is 0.179. The van der Waals surface area contributed by atoms with Gasteiger partial charge in [-0.1, -0.05) is 41.9 Å². The number of hydrogen-bond donors (Lipinski definition) is 2. The first kappa shape index (κ1) is 26.2. The van der Waals surface area contributed by atoms with Gasteiger partial charge in [-0.15, -0.1) is 11.3 Å². The zero-order valence-corrected chi connectivity index (χ0v) is 22.2. The molecule has 2 amide bonds. The number of esters is 1. The van der Waals surface area contributed by atoms with E-state index in [0.29, 0.717) is 34.3 Å². The fourth-order valence-electron chi connectivity index (χ4n) is 3.55. The number of benzene rings is 3. The van der Waals surface area contributed by atoms with Crippen molar-refractivity contribution in [3.8, 4) is 21.9 Å². The van der Waals surface area contributed by atoms with Crippen LogP contribution in [-0.2, 0) is 16.0 Å². The molecule has 0 atom stereocenters. The van der Waals surface area contributed by atoms with Crippen LogP contribution in [0, 0.1) is 5.41 Å². The van der Waals surface area contributed by atoms with E-state index < -0.39 is 11.4 Å². The van der Waals surface area contributed by atoms with Gasteiger partial charge >= 0.3 is 12.0 Å². The number of amides is 2. The zero-order valence-electron chi connectivity index (χ0n) is 20.6. The Morgan fingerprint density at radius 1 is 1.00 bits per heavy atom. The number of carbonyl (C=O) groups excluding carboxylic acids is 2. The maximum Gasteiger partial charge on any atom is 0.323 e. The summed E-state index contributed by atoms with van der Waals surface area (Å²) in [6.45, 7) is 3.68. The second kappa shape index (κ2) is 11.5. The summed E-state index contributed by atoms with van der Waals surface area (Å²) in [5.74, 6) is 0.791. The highest BCUT2D eigenvalue weighted by Crippen LogP contribution is 2.33. The number of nitrogens with one attached hydrogen (secondary N) is 2. The number of aromatic nitrogens is 1. The number of rotatable bonds is 8. The Labute approximate surface area is 224 Å². The number of ether oxygens (including phenoxy) is 2. The van der Waals surface area contributed by atoms with Crippen LogP contribution in [0.2, 0.25) is 5.02 Å². The lowest BCUT2D eigenvalue weighted by Crippen LogP contribution is -2.27. The lowest BCUT2D eigenvalue weighted by molar-refractivity contribution is -0.150. The molecule has 1 aromatic heterocycles. The molecular formula is C28H26ClN3O4S. The van der Waals surface area contributed by atoms with Gasteiger partial charge in [0.25, 0.3) is 0 Å². The zero-order chi connectivity index (χ0) is 26.4. The largest absolute Gasteiger partial charge is 0.469 e. The van der Waals surface area contributed by atoms with Crippen molar-refractivity contribution in [2.24, 2.45) is 5.41 Å². The average molecular weight is 536 g/mol. The van der Waals surface area contributed by atoms with Crippen LogP contribution in [-0.4, -0.2) is 24.1 Å². The van der Waals surface area contributed by atoms with Crippen molar-refractivity contribution in [3.63, 3.8) is 0 Å². The standard InChI is InChI=1S/C28H26ClN3O4S/c1-28(2,26(33)35-3)16-25-30-17-24(37-25)18-9-12-20(13-10-18)31-27(34)32-22-14-11-19(29)15-23(22)36-21-7-5-4-6-8-21/h4-15,17H,16H2,1-3H3,(H2,31,32,34). The highest BCUT2D eigenvalue weighted by molar-refractivity contribution is 7.15. The number of hydrogen-bond acceptors (Lipinski definition) is 6. The first-order valence-corrected chi connectivity index (χ1v) is 12.7. The number of urea groups is 1. The summed E-state index contributed by atoms with van der Waals surface area (Å²) in [4.78, 5) is 30.1. The summed E-state index contributed by atoms with van der Waals surface area (Å²) in [6, 6.07) is 21.3. The Balaban J connectivity index is 1.40. The van der Waals surface area contributed by atoms with Crippen molar-refractivity contribution in [1.82, 2.24) is 4.98 Å². The van der Waals surface area contributed by atoms with Gasteiger partial charge in [-0.05, 0) is 55.8 Å². The lowest BCUT2D eigenvalue weighted by atomic mass is 9.90. The van der Waals surface area contributed by atoms with Crippen LogP contribution in [0.3, 0.4) is 0 Å². The van der Waals surface area contributed by atoms with Crippen LogP contribution >= 0.6 is 22.9 Å². The van der Waals surface area contributed by atoms with Crippen LogP contribution in [0.15, 0.2) is 79.0 Å². The normalized spacial score (nSPS) is 11.0. The molecule has 0 aliphatic rings. The minimum absolute atomic E-state index is 0.268. The van der Waals surface area contributed by atoms with Gasteiger partial charge in [0.05, 0.1) is 28.1 Å². The van der Waals surface area contributed by atoms with E-state index in [1.165, 1.54) is 18.4 Å². The van der Waals surface area contributed by atoms with Crippen LogP contribution in [0.5, 0.6) is 11.5 Å². The van der Waals surface area contributed by atoms with E-state index in [1.807, 2.05) is 68.4 Å². The SMILES string of the molecule is COC(=O)C(C)(C)Cc1ncc(-c2ccc(NC(=O)Nc3ccc(Cl)cc3Oc3ccccc3)cc2)s1. The monoisotopic (exact) mass is 535 g/mol. The summed E-state index contributed by atoms with van der Waals surface area (Å²) in [6.07, 6.45) is 2.28. The van der Waals surface area contributed by atoms with E-state index in [2.05, 4.69) is 15.6 Å². The third kappa shape index (κ3) is 6.87. The Morgan fingerprint density at radius 2 is 1.73 bits per heavy atom. The minimum Gasteiger partial charge on any atom is -0.469 e. The average Bonchev–Trinajstić information content (AvgIpc) is 3.34. The second-order valence-electron chi connectivity index (χ2n) is 8.88. The molecule has 190 valence electrons. The molecule has 4 rings (SSSR count). The summed E-state index contributed by atoms with van der Waals surface area (Å²) in [5.41, 5.74) is 1.41. The summed E-state index contributed by atoms with van der Waals surface area (Å²) in [7, 11) is 1.39. The smallest absolute Gasteiger partial charge is 0.323 e. The van der Waals surface area contributed by atoms with Crippen molar-refractivity contribution < 1.29 is 19.1 Å². The minimum atomic E-state index is -0.652. The number of carbonyl (C=O) groups is 2. The van der Waals surface area contributed by atoms with Gasteiger partial charge < -0.3 is 20.1 Å². The molecule has 0 radical (unpaired) electrons. The molecule has 37 heavy (non-hydrogen) atoms. The molecule has 0 saturated heterocycles. The Bertz CT molecular complexity index is 1390. The highest BCUT2D eigenvalue weighted by atomic mass is 35.5. The van der Waals surface area contributed by atoms with Gasteiger partial charge in [0.15, 0.2) is 5.75 Å². The van der Waals surface area contributed by atoms with E-state index in [0.717, 1.165) is 15.4 Å². The van der Waals surface area contributed by atoms with Crippen molar-refractivity contribution in [2.45, 2.75) is 20.3 Å². The van der Waals surface area contributed by atoms with Crippen molar-refractivity contribution in [2.75, 3.05) is 17.7 Å². The topological polar surface area (TPSA) is 89.5 Å². The molecule has 2 N–H and O–H groups in total. The predicted molar refractivity (Wildman–Crippen MR) is 148 cm³/mol. The summed E-state index contributed by atoms with van der Waals surface area (Å²) >= 11 is 7.66. The Morgan fingerprint density at radius 3 is 2.43 bits per heavy atom. The van der Waals surface area contributed by atoms with Crippen molar-refractivity contribution >= 4 is 46.3 Å². The molecule has 0 fully saturated rings. The summed E-state index contributed by atoms with van der Waals surface area (Å²) in [5, 5.41) is 6.98. The molecule has 0 unspecified atom stereocenters. The quantitative estimate of drug-likeness (QED) is 0.226. The second-order valence-corrected chi connectivity index (χ2v) is 10.4. The van der Waals surface area contributed by atoms with Gasteiger partial charge in [-0.3, -0.25) is 4.79 Å². The molecule has 1 heterocycles. The van der Waals surface area contributed by atoms with Crippen molar-refractivity contribution in [1.29, 1.82) is 0 Å². The molecule has 3 aromatic carbocycles. The lowest BCUT2D eigenvalue weighted by Gasteiger charge is -2.19. The highest BCUT2D eigenvalue weighted by Gasteiger charge is 2.30. The van der Waals surface area contributed by atoms with E-state index in [1.54, 1.807) is 24.4 Å². The number of thiazole rings is 1. The van der Waals surface area contributed by atoms with E-state index >= 15 is 0 Å². The number of halogens is 1.